The van der Waals surface area contributed by atoms with Crippen molar-refractivity contribution in [1.29, 1.82) is 0 Å². The number of hydrogen-bond acceptors (Lipinski definition) is 11. The molecule has 0 atom stereocenters. The van der Waals surface area contributed by atoms with Crippen LogP contribution < -0.4 is 16.4 Å². The first kappa shape index (κ1) is 29.2. The van der Waals surface area contributed by atoms with Crippen molar-refractivity contribution in [2.45, 2.75) is 46.0 Å². The summed E-state index contributed by atoms with van der Waals surface area (Å²) >= 11 is 0. The third-order valence-electron chi connectivity index (χ3n) is 7.10. The molecule has 2 fully saturated rings. The van der Waals surface area contributed by atoms with Crippen LogP contribution in [0.25, 0.3) is 11.4 Å². The molecular formula is C26H36F2N10O2. The molecular weight excluding hydrogens is 522 g/mol. The smallest absolute Gasteiger partial charge is 0.281 e. The van der Waals surface area contributed by atoms with Gasteiger partial charge in [-0.3, -0.25) is 14.5 Å². The maximum Gasteiger partial charge on any atom is 0.281 e. The van der Waals surface area contributed by atoms with E-state index in [0.717, 1.165) is 38.0 Å². The lowest BCUT2D eigenvalue weighted by atomic mass is 9.95. The van der Waals surface area contributed by atoms with Gasteiger partial charge in [-0.15, -0.1) is 0 Å². The number of piperidine rings is 1. The number of carbonyl (C=O) groups excluding carboxylic acids is 2. The number of nitrogens with zero attached hydrogens (tertiary/aromatic N) is 8. The van der Waals surface area contributed by atoms with Gasteiger partial charge in [-0.1, -0.05) is 5.57 Å². The van der Waals surface area contributed by atoms with E-state index in [1.807, 2.05) is 23.6 Å². The molecule has 2 aromatic rings. The minimum absolute atomic E-state index is 0.00405. The van der Waals surface area contributed by atoms with Crippen LogP contribution in [0.5, 0.6) is 0 Å². The molecule has 2 saturated heterocycles. The van der Waals surface area contributed by atoms with Crippen molar-refractivity contribution in [3.05, 3.63) is 23.5 Å². The van der Waals surface area contributed by atoms with E-state index in [4.69, 9.17) is 11.5 Å². The minimum atomic E-state index is -2.88. The number of piperazine rings is 1. The summed E-state index contributed by atoms with van der Waals surface area (Å²) in [6, 6.07) is 0. The van der Waals surface area contributed by atoms with Crippen molar-refractivity contribution >= 4 is 29.5 Å². The van der Waals surface area contributed by atoms with E-state index in [9.17, 15) is 18.4 Å². The Morgan fingerprint density at radius 2 is 1.68 bits per heavy atom. The molecule has 4 rings (SSSR count). The number of amides is 1. The average molecular weight is 559 g/mol. The fourth-order valence-corrected chi connectivity index (χ4v) is 5.03. The van der Waals surface area contributed by atoms with Gasteiger partial charge in [0.05, 0.1) is 5.56 Å². The van der Waals surface area contributed by atoms with Gasteiger partial charge in [-0.05, 0) is 38.7 Å². The first-order valence-electron chi connectivity index (χ1n) is 13.4. The van der Waals surface area contributed by atoms with Crippen LogP contribution in [0.4, 0.5) is 26.6 Å². The van der Waals surface area contributed by atoms with E-state index in [1.54, 1.807) is 6.08 Å². The number of carbonyl (C=O) groups is 2. The Hall–Kier alpha value is -3.81. The number of nitrogen functional groups attached to an aromatic ring is 2. The minimum Gasteiger partial charge on any atom is -0.368 e. The molecule has 0 spiro atoms. The monoisotopic (exact) mass is 558 g/mol. The Kier molecular flexibility index (Phi) is 9.50. The van der Waals surface area contributed by atoms with Crippen LogP contribution in [0.15, 0.2) is 17.8 Å². The molecule has 0 aromatic carbocycles. The number of allylic oxidation sites excluding steroid dienone is 2. The molecule has 4 heterocycles. The van der Waals surface area contributed by atoms with E-state index in [2.05, 4.69) is 29.8 Å². The summed E-state index contributed by atoms with van der Waals surface area (Å²) in [7, 11) is 0. The number of hydrogen-bond donors (Lipinski definition) is 2. The van der Waals surface area contributed by atoms with E-state index in [1.165, 1.54) is 6.20 Å². The van der Waals surface area contributed by atoms with Gasteiger partial charge >= 0.3 is 0 Å². The lowest BCUT2D eigenvalue weighted by molar-refractivity contribution is -0.134. The molecule has 216 valence electrons. The van der Waals surface area contributed by atoms with E-state index in [-0.39, 0.29) is 47.8 Å². The van der Waals surface area contributed by atoms with Gasteiger partial charge < -0.3 is 21.3 Å². The predicted octanol–water partition coefficient (Wildman–Crippen LogP) is 2.11. The highest BCUT2D eigenvalue weighted by Gasteiger charge is 2.27. The zero-order chi connectivity index (χ0) is 28.8. The van der Waals surface area contributed by atoms with Crippen molar-refractivity contribution in [2.24, 2.45) is 5.92 Å². The zero-order valence-corrected chi connectivity index (χ0v) is 22.9. The maximum atomic E-state index is 13.5. The molecule has 4 N–H and O–H groups in total. The van der Waals surface area contributed by atoms with Crippen LogP contribution in [0.2, 0.25) is 0 Å². The Morgan fingerprint density at radius 3 is 2.33 bits per heavy atom. The first-order valence-corrected chi connectivity index (χ1v) is 13.4. The van der Waals surface area contributed by atoms with Crippen LogP contribution in [0.1, 0.15) is 51.7 Å². The standard InChI is InChI=1S/C26H36F2N10O2/c1-16(2)13-18(39)3-4-20(40)37-7-5-17(6-8-37)15-36-9-11-38(12-10-36)26-34-23(33-25(30)35-26)19-14-31-24(29)32-21(19)22(27)28/h13-14,17,22H,3-12,15H2,1-2H3,(H2,29,31,32)(H2,30,33,34,35). The molecule has 0 bridgehead atoms. The molecule has 0 saturated carbocycles. The molecule has 40 heavy (non-hydrogen) atoms. The first-order chi connectivity index (χ1) is 19.1. The van der Waals surface area contributed by atoms with Crippen LogP contribution in [-0.4, -0.2) is 92.2 Å². The fourth-order valence-electron chi connectivity index (χ4n) is 5.03. The normalized spacial score (nSPS) is 16.8. The second-order valence-corrected chi connectivity index (χ2v) is 10.4. The number of likely N-dealkylation sites (tertiary alicyclic amines) is 1. The highest BCUT2D eigenvalue weighted by Crippen LogP contribution is 2.29. The Balaban J connectivity index is 1.27. The van der Waals surface area contributed by atoms with Crippen molar-refractivity contribution in [1.82, 2.24) is 34.7 Å². The largest absolute Gasteiger partial charge is 0.368 e. The molecule has 1 amide bonds. The molecule has 14 heteroatoms. The lowest BCUT2D eigenvalue weighted by Crippen LogP contribution is -2.49. The van der Waals surface area contributed by atoms with Crippen molar-refractivity contribution in [2.75, 3.05) is 62.2 Å². The van der Waals surface area contributed by atoms with Gasteiger partial charge in [0.1, 0.15) is 5.69 Å². The average Bonchev–Trinajstić information content (AvgIpc) is 2.91. The third-order valence-corrected chi connectivity index (χ3v) is 7.10. The quantitative estimate of drug-likeness (QED) is 0.434. The summed E-state index contributed by atoms with van der Waals surface area (Å²) in [6.07, 6.45) is 2.24. The summed E-state index contributed by atoms with van der Waals surface area (Å²) in [5.41, 5.74) is 11.7. The van der Waals surface area contributed by atoms with Crippen molar-refractivity contribution in [3.63, 3.8) is 0 Å². The Morgan fingerprint density at radius 1 is 0.975 bits per heavy atom. The molecule has 0 aliphatic carbocycles. The predicted molar refractivity (Wildman–Crippen MR) is 146 cm³/mol. The van der Waals surface area contributed by atoms with Gasteiger partial charge in [0.25, 0.3) is 6.43 Å². The highest BCUT2D eigenvalue weighted by molar-refractivity contribution is 5.93. The van der Waals surface area contributed by atoms with E-state index >= 15 is 0 Å². The molecule has 2 aliphatic rings. The number of alkyl halides is 2. The number of halogens is 2. The SMILES string of the molecule is CC(C)=CC(=O)CCC(=O)N1CCC(CN2CCN(c3nc(N)nc(-c4cnc(N)nc4C(F)F)n3)CC2)CC1. The Labute approximate surface area is 231 Å². The maximum absolute atomic E-state index is 13.5. The molecule has 0 unspecified atom stereocenters. The fraction of sp³-hybridized carbons (Fsp3) is 0.577. The van der Waals surface area contributed by atoms with Crippen LogP contribution in [0, 0.1) is 5.92 Å². The van der Waals surface area contributed by atoms with Gasteiger partial charge in [0, 0.05) is 64.9 Å². The Bertz CT molecular complexity index is 1240. The number of nitrogens with two attached hydrogens (primary N) is 2. The lowest BCUT2D eigenvalue weighted by Gasteiger charge is -2.39. The zero-order valence-electron chi connectivity index (χ0n) is 22.9. The number of aromatic nitrogens is 5. The van der Waals surface area contributed by atoms with E-state index in [0.29, 0.717) is 38.0 Å². The molecule has 12 nitrogen and oxygen atoms in total. The van der Waals surface area contributed by atoms with Crippen molar-refractivity contribution in [3.8, 4) is 11.4 Å². The molecule has 2 aliphatic heterocycles. The summed E-state index contributed by atoms with van der Waals surface area (Å²) in [5.74, 6) is 0.473. The van der Waals surface area contributed by atoms with Crippen LogP contribution in [0.3, 0.4) is 0 Å². The summed E-state index contributed by atoms with van der Waals surface area (Å²) < 4.78 is 27.1. The third kappa shape index (κ3) is 7.64. The highest BCUT2D eigenvalue weighted by atomic mass is 19.3. The van der Waals surface area contributed by atoms with Gasteiger partial charge in [-0.2, -0.15) is 15.0 Å². The van der Waals surface area contributed by atoms with E-state index < -0.39 is 12.1 Å². The van der Waals surface area contributed by atoms with Gasteiger partial charge in [0.15, 0.2) is 11.6 Å². The summed E-state index contributed by atoms with van der Waals surface area (Å²) in [6.45, 7) is 8.93. The number of rotatable bonds is 9. The van der Waals surface area contributed by atoms with Gasteiger partial charge in [-0.25, -0.2) is 18.7 Å². The number of anilines is 3. The molecule has 0 radical (unpaired) electrons. The van der Waals surface area contributed by atoms with Crippen LogP contribution >= 0.6 is 0 Å². The van der Waals surface area contributed by atoms with Gasteiger partial charge in [0.2, 0.25) is 23.8 Å². The second-order valence-electron chi connectivity index (χ2n) is 10.4. The second kappa shape index (κ2) is 13.0. The van der Waals surface area contributed by atoms with Crippen molar-refractivity contribution < 1.29 is 18.4 Å². The topological polar surface area (TPSA) is 160 Å². The summed E-state index contributed by atoms with van der Waals surface area (Å²) in [5, 5.41) is 0. The summed E-state index contributed by atoms with van der Waals surface area (Å²) in [4.78, 5) is 50.7. The van der Waals surface area contributed by atoms with Crippen LogP contribution in [-0.2, 0) is 9.59 Å². The molecule has 2 aromatic heterocycles. The number of ketones is 1.